The molecular weight excluding hydrogens is 294 g/mol. The van der Waals surface area contributed by atoms with E-state index in [-0.39, 0.29) is 24.1 Å². The highest BCUT2D eigenvalue weighted by Gasteiger charge is 2.14. The zero-order chi connectivity index (χ0) is 16.8. The van der Waals surface area contributed by atoms with Crippen LogP contribution in [0.25, 0.3) is 11.0 Å². The molecule has 1 aromatic heterocycles. The second-order valence-corrected chi connectivity index (χ2v) is 5.75. The summed E-state index contributed by atoms with van der Waals surface area (Å²) in [6.45, 7) is 5.47. The van der Waals surface area contributed by atoms with E-state index >= 15 is 0 Å². The van der Waals surface area contributed by atoms with Crippen molar-refractivity contribution >= 4 is 16.9 Å². The first-order valence-electron chi connectivity index (χ1n) is 8.04. The molecule has 126 valence electrons. The van der Waals surface area contributed by atoms with Crippen molar-refractivity contribution in [1.82, 2.24) is 14.5 Å². The van der Waals surface area contributed by atoms with E-state index in [0.29, 0.717) is 19.7 Å². The molecule has 6 nitrogen and oxygen atoms in total. The van der Waals surface area contributed by atoms with Gasteiger partial charge >= 0.3 is 5.69 Å². The molecule has 1 unspecified atom stereocenters. The molecule has 1 heterocycles. The predicted molar refractivity (Wildman–Crippen MR) is 90.6 cm³/mol. The molecule has 0 saturated heterocycles. The third-order valence-corrected chi connectivity index (χ3v) is 3.76. The van der Waals surface area contributed by atoms with Gasteiger partial charge < -0.3 is 10.1 Å². The number of methoxy groups -OCH3 is 1. The summed E-state index contributed by atoms with van der Waals surface area (Å²) in [6, 6.07) is 7.68. The molecule has 1 amide bonds. The monoisotopic (exact) mass is 319 g/mol. The fraction of sp³-hybridized carbons (Fsp3) is 0.529. The minimum Gasteiger partial charge on any atom is -0.383 e. The number of fused-ring (bicyclic) bond motifs is 1. The van der Waals surface area contributed by atoms with Gasteiger partial charge in [0.1, 0.15) is 0 Å². The number of carbonyl (C=O) groups is 1. The van der Waals surface area contributed by atoms with Crippen molar-refractivity contribution in [2.24, 2.45) is 0 Å². The zero-order valence-corrected chi connectivity index (χ0v) is 14.0. The van der Waals surface area contributed by atoms with Crippen LogP contribution in [-0.2, 0) is 22.6 Å². The number of benzene rings is 1. The molecule has 0 spiro atoms. The molecule has 0 saturated carbocycles. The summed E-state index contributed by atoms with van der Waals surface area (Å²) < 4.78 is 8.47. The van der Waals surface area contributed by atoms with Gasteiger partial charge in [0.05, 0.1) is 17.6 Å². The number of rotatable bonds is 8. The Balaban J connectivity index is 2.16. The van der Waals surface area contributed by atoms with Crippen LogP contribution in [0.1, 0.15) is 26.7 Å². The lowest BCUT2D eigenvalue weighted by atomic mass is 10.3. The quantitative estimate of drug-likeness (QED) is 0.806. The van der Waals surface area contributed by atoms with Gasteiger partial charge in [-0.2, -0.15) is 0 Å². The SMILES string of the molecule is CCCn1c(=O)n(CCC(=O)NC(C)COC)c2ccccc21. The van der Waals surface area contributed by atoms with Crippen LogP contribution in [-0.4, -0.2) is 34.8 Å². The normalized spacial score (nSPS) is 12.5. The summed E-state index contributed by atoms with van der Waals surface area (Å²) in [4.78, 5) is 24.6. The van der Waals surface area contributed by atoms with E-state index in [9.17, 15) is 9.59 Å². The lowest BCUT2D eigenvalue weighted by Crippen LogP contribution is -2.36. The van der Waals surface area contributed by atoms with Crippen molar-refractivity contribution in [3.05, 3.63) is 34.7 Å². The third-order valence-electron chi connectivity index (χ3n) is 3.76. The molecule has 1 N–H and O–H groups in total. The van der Waals surface area contributed by atoms with E-state index in [4.69, 9.17) is 4.74 Å². The first kappa shape index (κ1) is 17.3. The van der Waals surface area contributed by atoms with E-state index in [2.05, 4.69) is 5.32 Å². The molecule has 0 aliphatic carbocycles. The predicted octanol–water partition coefficient (Wildman–Crippen LogP) is 1.75. The molecule has 2 rings (SSSR count). The Morgan fingerprint density at radius 2 is 1.83 bits per heavy atom. The lowest BCUT2D eigenvalue weighted by molar-refractivity contribution is -0.122. The van der Waals surface area contributed by atoms with Gasteiger partial charge in [-0.25, -0.2) is 4.79 Å². The molecule has 1 aromatic carbocycles. The maximum atomic E-state index is 12.6. The number of ether oxygens (including phenoxy) is 1. The third kappa shape index (κ3) is 4.01. The smallest absolute Gasteiger partial charge is 0.329 e. The van der Waals surface area contributed by atoms with E-state index in [1.54, 1.807) is 16.2 Å². The Morgan fingerprint density at radius 1 is 1.22 bits per heavy atom. The van der Waals surface area contributed by atoms with Crippen molar-refractivity contribution in [1.29, 1.82) is 0 Å². The van der Waals surface area contributed by atoms with Crippen LogP contribution in [0, 0.1) is 0 Å². The Labute approximate surface area is 136 Å². The molecule has 0 aliphatic rings. The zero-order valence-electron chi connectivity index (χ0n) is 14.0. The number of amides is 1. The number of aryl methyl sites for hydroxylation is 2. The summed E-state index contributed by atoms with van der Waals surface area (Å²) in [5, 5.41) is 2.86. The van der Waals surface area contributed by atoms with Gasteiger partial charge in [0.15, 0.2) is 0 Å². The van der Waals surface area contributed by atoms with E-state index in [1.807, 2.05) is 38.1 Å². The number of hydrogen-bond donors (Lipinski definition) is 1. The number of nitrogens with one attached hydrogen (secondary N) is 1. The molecule has 6 heteroatoms. The highest BCUT2D eigenvalue weighted by atomic mass is 16.5. The maximum Gasteiger partial charge on any atom is 0.329 e. The minimum absolute atomic E-state index is 0.0364. The standard InChI is InChI=1S/C17H25N3O3/c1-4-10-19-14-7-5-6-8-15(14)20(17(19)22)11-9-16(21)18-13(2)12-23-3/h5-8,13H,4,9-12H2,1-3H3,(H,18,21). The summed E-state index contributed by atoms with van der Waals surface area (Å²) in [5.41, 5.74) is 1.75. The lowest BCUT2D eigenvalue weighted by Gasteiger charge is -2.12. The van der Waals surface area contributed by atoms with Crippen molar-refractivity contribution < 1.29 is 9.53 Å². The van der Waals surface area contributed by atoms with Gasteiger partial charge in [0, 0.05) is 32.7 Å². The first-order chi connectivity index (χ1) is 11.1. The first-order valence-corrected chi connectivity index (χ1v) is 8.04. The second kappa shape index (κ2) is 7.97. The Morgan fingerprint density at radius 3 is 2.39 bits per heavy atom. The van der Waals surface area contributed by atoms with Crippen molar-refractivity contribution in [2.45, 2.75) is 45.8 Å². The highest BCUT2D eigenvalue weighted by Crippen LogP contribution is 2.13. The highest BCUT2D eigenvalue weighted by molar-refractivity contribution is 5.78. The fourth-order valence-electron chi connectivity index (χ4n) is 2.78. The van der Waals surface area contributed by atoms with Crippen LogP contribution < -0.4 is 11.0 Å². The van der Waals surface area contributed by atoms with Crippen molar-refractivity contribution in [2.75, 3.05) is 13.7 Å². The molecule has 1 atom stereocenters. The summed E-state index contributed by atoms with van der Waals surface area (Å²) in [6.07, 6.45) is 1.16. The summed E-state index contributed by atoms with van der Waals surface area (Å²) in [7, 11) is 1.60. The fourth-order valence-corrected chi connectivity index (χ4v) is 2.78. The minimum atomic E-state index is -0.0752. The van der Waals surface area contributed by atoms with Gasteiger partial charge in [-0.1, -0.05) is 19.1 Å². The van der Waals surface area contributed by atoms with Gasteiger partial charge in [-0.05, 0) is 25.5 Å². The molecule has 2 aromatic rings. The molecule has 0 fully saturated rings. The van der Waals surface area contributed by atoms with E-state index in [1.165, 1.54) is 0 Å². The Kier molecular flexibility index (Phi) is 5.98. The number of imidazole rings is 1. The van der Waals surface area contributed by atoms with E-state index < -0.39 is 0 Å². The number of para-hydroxylation sites is 2. The number of carbonyl (C=O) groups excluding carboxylic acids is 1. The topological polar surface area (TPSA) is 65.3 Å². The molecular formula is C17H25N3O3. The van der Waals surface area contributed by atoms with Crippen LogP contribution in [0.15, 0.2) is 29.1 Å². The van der Waals surface area contributed by atoms with Crippen LogP contribution >= 0.6 is 0 Å². The van der Waals surface area contributed by atoms with Crippen LogP contribution in [0.4, 0.5) is 0 Å². The van der Waals surface area contributed by atoms with Crippen LogP contribution in [0.5, 0.6) is 0 Å². The average Bonchev–Trinajstić information content (AvgIpc) is 2.78. The Hall–Kier alpha value is -2.08. The number of hydrogen-bond acceptors (Lipinski definition) is 3. The molecule has 0 aliphatic heterocycles. The molecule has 0 radical (unpaired) electrons. The van der Waals surface area contributed by atoms with Gasteiger partial charge in [-0.3, -0.25) is 13.9 Å². The van der Waals surface area contributed by atoms with E-state index in [0.717, 1.165) is 17.5 Å². The Bertz CT molecular complexity index is 717. The summed E-state index contributed by atoms with van der Waals surface area (Å²) >= 11 is 0. The largest absolute Gasteiger partial charge is 0.383 e. The summed E-state index contributed by atoms with van der Waals surface area (Å²) in [5.74, 6) is -0.0752. The second-order valence-electron chi connectivity index (χ2n) is 5.75. The molecule has 23 heavy (non-hydrogen) atoms. The number of aromatic nitrogens is 2. The van der Waals surface area contributed by atoms with Gasteiger partial charge in [0.2, 0.25) is 5.91 Å². The average molecular weight is 319 g/mol. The van der Waals surface area contributed by atoms with Crippen LogP contribution in [0.3, 0.4) is 0 Å². The van der Waals surface area contributed by atoms with Gasteiger partial charge in [-0.15, -0.1) is 0 Å². The number of nitrogens with zero attached hydrogens (tertiary/aromatic N) is 2. The van der Waals surface area contributed by atoms with Crippen molar-refractivity contribution in [3.63, 3.8) is 0 Å². The van der Waals surface area contributed by atoms with Crippen molar-refractivity contribution in [3.8, 4) is 0 Å². The van der Waals surface area contributed by atoms with Gasteiger partial charge in [0.25, 0.3) is 0 Å². The molecule has 0 bridgehead atoms. The van der Waals surface area contributed by atoms with Crippen LogP contribution in [0.2, 0.25) is 0 Å². The maximum absolute atomic E-state index is 12.6.